The molecule has 0 radical (unpaired) electrons. The summed E-state index contributed by atoms with van der Waals surface area (Å²) in [4.78, 5) is 12.7. The first-order valence-corrected chi connectivity index (χ1v) is 9.08. The van der Waals surface area contributed by atoms with Crippen LogP contribution in [0.5, 0.6) is 5.88 Å². The Morgan fingerprint density at radius 3 is 2.50 bits per heavy atom. The molecule has 5 heteroatoms. The van der Waals surface area contributed by atoms with Crippen molar-refractivity contribution in [2.24, 2.45) is 0 Å². The number of halogens is 1. The second-order valence-electron chi connectivity index (χ2n) is 6.91. The maximum Gasteiger partial charge on any atom is 0.344 e. The lowest BCUT2D eigenvalue weighted by Gasteiger charge is -2.08. The summed E-state index contributed by atoms with van der Waals surface area (Å²) in [7, 11) is 0. The Balaban J connectivity index is 1.70. The first-order chi connectivity index (χ1) is 13.5. The van der Waals surface area contributed by atoms with E-state index in [0.29, 0.717) is 11.3 Å². The average Bonchev–Trinajstić information content (AvgIpc) is 3.12. The SMILES string of the molecule is CC(C)c1cc(OC(=O)c2ccc3ccccc3c2)n(-c2cccc(F)c2)n1. The molecule has 0 N–H and O–H groups in total. The minimum Gasteiger partial charge on any atom is -0.404 e. The number of esters is 1. The van der Waals surface area contributed by atoms with E-state index in [1.807, 2.05) is 44.2 Å². The molecule has 4 nitrogen and oxygen atoms in total. The number of aromatic nitrogens is 2. The molecule has 0 fully saturated rings. The van der Waals surface area contributed by atoms with Crippen LogP contribution in [0.3, 0.4) is 0 Å². The van der Waals surface area contributed by atoms with Gasteiger partial charge in [-0.25, -0.2) is 13.9 Å². The van der Waals surface area contributed by atoms with Gasteiger partial charge in [-0.3, -0.25) is 0 Å². The van der Waals surface area contributed by atoms with Gasteiger partial charge < -0.3 is 4.74 Å². The zero-order chi connectivity index (χ0) is 19.7. The predicted molar refractivity (Wildman–Crippen MR) is 107 cm³/mol. The van der Waals surface area contributed by atoms with Gasteiger partial charge in [0.15, 0.2) is 0 Å². The molecule has 28 heavy (non-hydrogen) atoms. The van der Waals surface area contributed by atoms with Crippen LogP contribution in [-0.4, -0.2) is 15.7 Å². The van der Waals surface area contributed by atoms with Crippen molar-refractivity contribution >= 4 is 16.7 Å². The van der Waals surface area contributed by atoms with E-state index in [0.717, 1.165) is 16.5 Å². The van der Waals surface area contributed by atoms with Gasteiger partial charge in [0.2, 0.25) is 5.88 Å². The summed E-state index contributed by atoms with van der Waals surface area (Å²) in [5.74, 6) is -0.482. The number of carbonyl (C=O) groups is 1. The van der Waals surface area contributed by atoms with E-state index in [1.165, 1.54) is 16.8 Å². The third-order valence-corrected chi connectivity index (χ3v) is 4.52. The minimum absolute atomic E-state index is 0.132. The summed E-state index contributed by atoms with van der Waals surface area (Å²) < 4.78 is 20.8. The molecule has 140 valence electrons. The molecule has 0 saturated heterocycles. The van der Waals surface area contributed by atoms with E-state index in [4.69, 9.17) is 4.74 Å². The van der Waals surface area contributed by atoms with E-state index >= 15 is 0 Å². The molecule has 4 aromatic rings. The highest BCUT2D eigenvalue weighted by atomic mass is 19.1. The number of rotatable bonds is 4. The fourth-order valence-electron chi connectivity index (χ4n) is 3.00. The Morgan fingerprint density at radius 2 is 1.75 bits per heavy atom. The van der Waals surface area contributed by atoms with Gasteiger partial charge in [-0.1, -0.05) is 50.2 Å². The standard InChI is InChI=1S/C23H19FN2O2/c1-15(2)21-14-22(26(25-21)20-9-5-8-19(24)13-20)28-23(27)18-11-10-16-6-3-4-7-17(16)12-18/h3-15H,1-2H3. The van der Waals surface area contributed by atoms with Gasteiger partial charge in [0, 0.05) is 6.07 Å². The lowest BCUT2D eigenvalue weighted by Crippen LogP contribution is -2.11. The molecule has 0 aliphatic heterocycles. The summed E-state index contributed by atoms with van der Waals surface area (Å²) in [6, 6.07) is 20.9. The molecule has 0 bridgehead atoms. The van der Waals surface area contributed by atoms with Crippen LogP contribution >= 0.6 is 0 Å². The van der Waals surface area contributed by atoms with Gasteiger partial charge in [-0.15, -0.1) is 0 Å². The van der Waals surface area contributed by atoms with Gasteiger partial charge in [-0.2, -0.15) is 5.10 Å². The Labute approximate surface area is 162 Å². The van der Waals surface area contributed by atoms with Crippen LogP contribution in [0, 0.1) is 5.82 Å². The zero-order valence-electron chi connectivity index (χ0n) is 15.6. The molecule has 0 aliphatic rings. The van der Waals surface area contributed by atoms with Crippen LogP contribution in [0.1, 0.15) is 35.8 Å². The quantitative estimate of drug-likeness (QED) is 0.443. The Morgan fingerprint density at radius 1 is 0.964 bits per heavy atom. The fraction of sp³-hybridized carbons (Fsp3) is 0.130. The summed E-state index contributed by atoms with van der Waals surface area (Å²) in [6.07, 6.45) is 0. The molecular formula is C23H19FN2O2. The topological polar surface area (TPSA) is 44.1 Å². The first-order valence-electron chi connectivity index (χ1n) is 9.08. The van der Waals surface area contributed by atoms with Gasteiger partial charge in [-0.05, 0) is 47.0 Å². The normalized spacial score (nSPS) is 11.1. The highest BCUT2D eigenvalue weighted by Crippen LogP contribution is 2.25. The Hall–Kier alpha value is -3.47. The molecule has 0 saturated carbocycles. The van der Waals surface area contributed by atoms with Crippen molar-refractivity contribution in [3.05, 3.63) is 89.9 Å². The maximum absolute atomic E-state index is 13.7. The first kappa shape index (κ1) is 17.9. The lowest BCUT2D eigenvalue weighted by atomic mass is 10.1. The second-order valence-corrected chi connectivity index (χ2v) is 6.91. The molecule has 0 amide bonds. The molecule has 0 atom stereocenters. The smallest absolute Gasteiger partial charge is 0.344 e. The van der Waals surface area contributed by atoms with Gasteiger partial charge >= 0.3 is 5.97 Å². The molecule has 0 spiro atoms. The van der Waals surface area contributed by atoms with Crippen molar-refractivity contribution in [3.8, 4) is 11.6 Å². The van der Waals surface area contributed by atoms with E-state index in [1.54, 1.807) is 30.3 Å². The van der Waals surface area contributed by atoms with Crippen molar-refractivity contribution < 1.29 is 13.9 Å². The second kappa shape index (κ2) is 7.27. The molecule has 0 unspecified atom stereocenters. The van der Waals surface area contributed by atoms with E-state index in [-0.39, 0.29) is 17.6 Å². The van der Waals surface area contributed by atoms with Crippen molar-refractivity contribution in [3.63, 3.8) is 0 Å². The summed E-state index contributed by atoms with van der Waals surface area (Å²) in [5, 5.41) is 6.49. The van der Waals surface area contributed by atoms with Crippen molar-refractivity contribution in [2.45, 2.75) is 19.8 Å². The predicted octanol–water partition coefficient (Wildman–Crippen LogP) is 5.51. The van der Waals surface area contributed by atoms with E-state index in [2.05, 4.69) is 5.10 Å². The summed E-state index contributed by atoms with van der Waals surface area (Å²) >= 11 is 0. The molecule has 1 heterocycles. The molecule has 0 aliphatic carbocycles. The highest BCUT2D eigenvalue weighted by molar-refractivity contribution is 5.96. The van der Waals surface area contributed by atoms with Gasteiger partial charge in [0.25, 0.3) is 0 Å². The largest absolute Gasteiger partial charge is 0.404 e. The molecule has 3 aromatic carbocycles. The van der Waals surface area contributed by atoms with Crippen molar-refractivity contribution in [2.75, 3.05) is 0 Å². The van der Waals surface area contributed by atoms with E-state index < -0.39 is 5.97 Å². The fourth-order valence-corrected chi connectivity index (χ4v) is 3.00. The maximum atomic E-state index is 13.7. The number of nitrogens with zero attached hydrogens (tertiary/aromatic N) is 2. The average molecular weight is 374 g/mol. The number of hydrogen-bond donors (Lipinski definition) is 0. The highest BCUT2D eigenvalue weighted by Gasteiger charge is 2.18. The van der Waals surface area contributed by atoms with Crippen molar-refractivity contribution in [1.82, 2.24) is 9.78 Å². The van der Waals surface area contributed by atoms with Crippen LogP contribution in [0.25, 0.3) is 16.5 Å². The van der Waals surface area contributed by atoms with Crippen LogP contribution in [0.4, 0.5) is 4.39 Å². The van der Waals surface area contributed by atoms with Crippen molar-refractivity contribution in [1.29, 1.82) is 0 Å². The van der Waals surface area contributed by atoms with Gasteiger partial charge in [0.1, 0.15) is 5.82 Å². The minimum atomic E-state index is -0.487. The van der Waals surface area contributed by atoms with Crippen LogP contribution in [0.15, 0.2) is 72.8 Å². The number of hydrogen-bond acceptors (Lipinski definition) is 3. The molecule has 4 rings (SSSR count). The summed E-state index contributed by atoms with van der Waals surface area (Å²) in [5.41, 5.74) is 1.69. The van der Waals surface area contributed by atoms with Crippen LogP contribution in [0.2, 0.25) is 0 Å². The summed E-state index contributed by atoms with van der Waals surface area (Å²) in [6.45, 7) is 3.99. The molecular weight excluding hydrogens is 355 g/mol. The Kier molecular flexibility index (Phi) is 4.65. The number of carbonyl (C=O) groups excluding carboxylic acids is 1. The number of fused-ring (bicyclic) bond motifs is 1. The zero-order valence-corrected chi connectivity index (χ0v) is 15.6. The molecule has 1 aromatic heterocycles. The van der Waals surface area contributed by atoms with Crippen LogP contribution < -0.4 is 4.74 Å². The number of ether oxygens (including phenoxy) is 1. The third kappa shape index (κ3) is 3.51. The lowest BCUT2D eigenvalue weighted by molar-refractivity contribution is 0.0723. The Bertz CT molecular complexity index is 1160. The van der Waals surface area contributed by atoms with E-state index in [9.17, 15) is 9.18 Å². The third-order valence-electron chi connectivity index (χ3n) is 4.52. The monoisotopic (exact) mass is 374 g/mol. The number of benzene rings is 3. The van der Waals surface area contributed by atoms with Crippen LogP contribution in [-0.2, 0) is 0 Å². The van der Waals surface area contributed by atoms with Gasteiger partial charge in [0.05, 0.1) is 16.9 Å².